The minimum Gasteiger partial charge on any atom is -0.355 e. The van der Waals surface area contributed by atoms with Crippen molar-refractivity contribution in [2.24, 2.45) is 11.8 Å². The molecule has 9 heavy (non-hydrogen) atoms. The molecule has 50 valence electrons. The minimum atomic E-state index is -0.734. The number of hydrogen-bond acceptors (Lipinski definition) is 1. The van der Waals surface area contributed by atoms with Crippen molar-refractivity contribution in [2.75, 3.05) is 6.54 Å². The van der Waals surface area contributed by atoms with Gasteiger partial charge in [0.25, 0.3) is 0 Å². The van der Waals surface area contributed by atoms with Crippen LogP contribution in [0.3, 0.4) is 0 Å². The Hall–Kier alpha value is 0.0500. The second-order valence-electron chi connectivity index (χ2n) is 2.50. The molecule has 2 aliphatic rings. The number of alkyl halides is 2. The molecule has 2 unspecified atom stereocenters. The number of amides is 1. The van der Waals surface area contributed by atoms with E-state index in [1.807, 2.05) is 0 Å². The van der Waals surface area contributed by atoms with E-state index in [0.717, 1.165) is 0 Å². The van der Waals surface area contributed by atoms with Crippen molar-refractivity contribution in [1.82, 2.24) is 5.32 Å². The molecule has 4 heteroatoms. The third-order valence-corrected chi connectivity index (χ3v) is 3.01. The highest BCUT2D eigenvalue weighted by Gasteiger charge is 2.70. The van der Waals surface area contributed by atoms with Crippen LogP contribution < -0.4 is 5.32 Å². The maximum Gasteiger partial charge on any atom is 0.226 e. The number of nitrogens with one attached hydrogen (secondary N) is 1. The topological polar surface area (TPSA) is 29.1 Å². The summed E-state index contributed by atoms with van der Waals surface area (Å²) in [5.74, 6) is 0.0548. The summed E-state index contributed by atoms with van der Waals surface area (Å²) in [6.07, 6.45) is 0. The van der Waals surface area contributed by atoms with Gasteiger partial charge in [0.2, 0.25) is 5.91 Å². The van der Waals surface area contributed by atoms with Gasteiger partial charge in [-0.05, 0) is 0 Å². The molecule has 0 spiro atoms. The lowest BCUT2D eigenvalue weighted by atomic mass is 10.4. The lowest BCUT2D eigenvalue weighted by Gasteiger charge is -2.01. The number of carbonyl (C=O) groups excluding carboxylic acids is 1. The van der Waals surface area contributed by atoms with Gasteiger partial charge in [-0.1, -0.05) is 0 Å². The Morgan fingerprint density at radius 1 is 1.67 bits per heavy atom. The van der Waals surface area contributed by atoms with Crippen molar-refractivity contribution >= 4 is 29.1 Å². The first-order chi connectivity index (χ1) is 4.14. The fraction of sp³-hybridized carbons (Fsp3) is 0.800. The Balaban J connectivity index is 2.23. The van der Waals surface area contributed by atoms with E-state index in [9.17, 15) is 4.79 Å². The number of rotatable bonds is 0. The van der Waals surface area contributed by atoms with Crippen LogP contribution in [0.2, 0.25) is 0 Å². The molecule has 1 heterocycles. The van der Waals surface area contributed by atoms with Crippen LogP contribution in [0.5, 0.6) is 0 Å². The van der Waals surface area contributed by atoms with Gasteiger partial charge >= 0.3 is 0 Å². The van der Waals surface area contributed by atoms with Crippen LogP contribution in [0.25, 0.3) is 0 Å². The Kier molecular flexibility index (Phi) is 0.888. The summed E-state index contributed by atoms with van der Waals surface area (Å²) in [6, 6.07) is 0. The molecule has 2 atom stereocenters. The average Bonchev–Trinajstić information content (AvgIpc) is 2.19. The zero-order valence-corrected chi connectivity index (χ0v) is 6.04. The predicted molar refractivity (Wildman–Crippen MR) is 34.4 cm³/mol. The van der Waals surface area contributed by atoms with Crippen molar-refractivity contribution in [3.63, 3.8) is 0 Å². The van der Waals surface area contributed by atoms with Gasteiger partial charge < -0.3 is 5.32 Å². The summed E-state index contributed by atoms with van der Waals surface area (Å²) in [6.45, 7) is 0.649. The standard InChI is InChI=1S/C5H5Cl2NO/c6-5(7)2-1-8-4(9)3(2)5/h2-3H,1H2,(H,8,9). The summed E-state index contributed by atoms with van der Waals surface area (Å²) in [7, 11) is 0. The lowest BCUT2D eigenvalue weighted by molar-refractivity contribution is -0.120. The minimum absolute atomic E-state index is 0.00463. The normalized spacial score (nSPS) is 44.0. The number of halogens is 2. The molecule has 2 rings (SSSR count). The molecular formula is C5H5Cl2NO. The van der Waals surface area contributed by atoms with E-state index in [4.69, 9.17) is 23.2 Å². The SMILES string of the molecule is O=C1NCC2C1C2(Cl)Cl. The fourth-order valence-electron chi connectivity index (χ4n) is 1.32. The van der Waals surface area contributed by atoms with Gasteiger partial charge in [0.1, 0.15) is 4.33 Å². The third-order valence-electron chi connectivity index (χ3n) is 1.98. The second-order valence-corrected chi connectivity index (χ2v) is 3.95. The number of piperidine rings is 1. The molecular weight excluding hydrogens is 161 g/mol. The van der Waals surface area contributed by atoms with Crippen molar-refractivity contribution < 1.29 is 4.79 Å². The first-order valence-corrected chi connectivity index (χ1v) is 3.55. The summed E-state index contributed by atoms with van der Waals surface area (Å²) >= 11 is 11.4. The molecule has 2 nitrogen and oxygen atoms in total. The molecule has 0 radical (unpaired) electrons. The molecule has 0 aromatic carbocycles. The third kappa shape index (κ3) is 0.555. The lowest BCUT2D eigenvalue weighted by Crippen LogP contribution is -2.25. The highest BCUT2D eigenvalue weighted by atomic mass is 35.5. The molecule has 2 fully saturated rings. The maximum atomic E-state index is 10.8. The van der Waals surface area contributed by atoms with Gasteiger partial charge in [0.15, 0.2) is 0 Å². The Bertz CT molecular complexity index is 180. The molecule has 1 saturated carbocycles. The Morgan fingerprint density at radius 3 is 2.56 bits per heavy atom. The van der Waals surface area contributed by atoms with Gasteiger partial charge in [0, 0.05) is 12.5 Å². The molecule has 0 aromatic rings. The van der Waals surface area contributed by atoms with E-state index >= 15 is 0 Å². The summed E-state index contributed by atoms with van der Waals surface area (Å²) in [5, 5.41) is 2.67. The van der Waals surface area contributed by atoms with E-state index in [2.05, 4.69) is 5.32 Å². The zero-order valence-electron chi connectivity index (χ0n) is 4.53. The monoisotopic (exact) mass is 165 g/mol. The Morgan fingerprint density at radius 2 is 2.33 bits per heavy atom. The van der Waals surface area contributed by atoms with Gasteiger partial charge in [0.05, 0.1) is 5.92 Å². The van der Waals surface area contributed by atoms with Crippen LogP contribution in [0.15, 0.2) is 0 Å². The summed E-state index contributed by atoms with van der Waals surface area (Å²) in [5.41, 5.74) is 0. The van der Waals surface area contributed by atoms with Crippen LogP contribution in [-0.4, -0.2) is 16.8 Å². The summed E-state index contributed by atoms with van der Waals surface area (Å²) in [4.78, 5) is 10.8. The van der Waals surface area contributed by atoms with Crippen molar-refractivity contribution in [2.45, 2.75) is 4.33 Å². The van der Waals surface area contributed by atoms with E-state index < -0.39 is 4.33 Å². The first kappa shape index (κ1) is 5.81. The molecule has 1 aliphatic carbocycles. The molecule has 1 aliphatic heterocycles. The van der Waals surface area contributed by atoms with E-state index in [-0.39, 0.29) is 17.7 Å². The van der Waals surface area contributed by atoms with E-state index in [0.29, 0.717) is 6.54 Å². The van der Waals surface area contributed by atoms with Gasteiger partial charge in [-0.15, -0.1) is 23.2 Å². The molecule has 1 saturated heterocycles. The van der Waals surface area contributed by atoms with Gasteiger partial charge in [-0.3, -0.25) is 4.79 Å². The van der Waals surface area contributed by atoms with E-state index in [1.54, 1.807) is 0 Å². The van der Waals surface area contributed by atoms with Gasteiger partial charge in [-0.25, -0.2) is 0 Å². The maximum absolute atomic E-state index is 10.8. The van der Waals surface area contributed by atoms with Crippen molar-refractivity contribution in [3.8, 4) is 0 Å². The molecule has 1 amide bonds. The van der Waals surface area contributed by atoms with Crippen LogP contribution in [0, 0.1) is 11.8 Å². The Labute approximate surface area is 62.5 Å². The van der Waals surface area contributed by atoms with Crippen LogP contribution in [0.4, 0.5) is 0 Å². The zero-order chi connectivity index (χ0) is 6.65. The smallest absolute Gasteiger partial charge is 0.226 e. The molecule has 0 aromatic heterocycles. The van der Waals surface area contributed by atoms with Crippen molar-refractivity contribution in [3.05, 3.63) is 0 Å². The second kappa shape index (κ2) is 1.38. The summed E-state index contributed by atoms with van der Waals surface area (Å²) < 4.78 is -0.734. The predicted octanol–water partition coefficient (Wildman–Crippen LogP) is 0.536. The quantitative estimate of drug-likeness (QED) is 0.522. The first-order valence-electron chi connectivity index (χ1n) is 2.79. The highest BCUT2D eigenvalue weighted by Crippen LogP contribution is 2.61. The van der Waals surface area contributed by atoms with Crippen LogP contribution >= 0.6 is 23.2 Å². The average molecular weight is 166 g/mol. The number of carbonyl (C=O) groups is 1. The highest BCUT2D eigenvalue weighted by molar-refractivity contribution is 6.53. The number of hydrogen-bond donors (Lipinski definition) is 1. The van der Waals surface area contributed by atoms with E-state index in [1.165, 1.54) is 0 Å². The van der Waals surface area contributed by atoms with Crippen molar-refractivity contribution in [1.29, 1.82) is 0 Å². The van der Waals surface area contributed by atoms with Crippen LogP contribution in [-0.2, 0) is 4.79 Å². The van der Waals surface area contributed by atoms with Crippen LogP contribution in [0.1, 0.15) is 0 Å². The fourth-order valence-corrected chi connectivity index (χ4v) is 2.10. The largest absolute Gasteiger partial charge is 0.355 e. The number of fused-ring (bicyclic) bond motifs is 1. The molecule has 0 bridgehead atoms. The molecule has 1 N–H and O–H groups in total. The van der Waals surface area contributed by atoms with Gasteiger partial charge in [-0.2, -0.15) is 0 Å².